The van der Waals surface area contributed by atoms with Gasteiger partial charge in [0.1, 0.15) is 5.82 Å². The Labute approximate surface area is 88.3 Å². The first kappa shape index (κ1) is 8.85. The number of imidazole rings is 1. The molecule has 0 radical (unpaired) electrons. The molecule has 3 heterocycles. The number of aryl methyl sites for hydroxylation is 1. The molecule has 1 saturated heterocycles. The van der Waals surface area contributed by atoms with Crippen molar-refractivity contribution >= 4 is 11.2 Å². The van der Waals surface area contributed by atoms with Gasteiger partial charge in [0.15, 0.2) is 5.65 Å². The standard InChI is InChI=1S/C11H14N4/c1-15-9-5-3-7-13-10(9)14-11(15)8-4-2-6-12-8/h3,5,7-8,12H,2,4,6H2,1H3/t8-/m0/s1. The Morgan fingerprint density at radius 1 is 1.53 bits per heavy atom. The number of hydrogen-bond donors (Lipinski definition) is 1. The summed E-state index contributed by atoms with van der Waals surface area (Å²) in [5.74, 6) is 1.11. The summed E-state index contributed by atoms with van der Waals surface area (Å²) in [7, 11) is 2.06. The second-order valence-electron chi connectivity index (χ2n) is 4.02. The highest BCUT2D eigenvalue weighted by Gasteiger charge is 2.21. The maximum atomic E-state index is 4.58. The Hall–Kier alpha value is -1.42. The van der Waals surface area contributed by atoms with E-state index in [-0.39, 0.29) is 0 Å². The number of rotatable bonds is 1. The van der Waals surface area contributed by atoms with E-state index in [2.05, 4.69) is 33.0 Å². The first-order valence-corrected chi connectivity index (χ1v) is 5.37. The van der Waals surface area contributed by atoms with E-state index in [1.807, 2.05) is 6.07 Å². The van der Waals surface area contributed by atoms with Gasteiger partial charge in [-0.2, -0.15) is 0 Å². The molecule has 1 atom stereocenters. The van der Waals surface area contributed by atoms with Gasteiger partial charge in [-0.15, -0.1) is 0 Å². The molecule has 4 heteroatoms. The van der Waals surface area contributed by atoms with Crippen LogP contribution in [0.15, 0.2) is 18.3 Å². The number of nitrogens with one attached hydrogen (secondary N) is 1. The van der Waals surface area contributed by atoms with Gasteiger partial charge < -0.3 is 9.88 Å². The molecule has 1 aliphatic heterocycles. The second kappa shape index (κ2) is 3.31. The van der Waals surface area contributed by atoms with Gasteiger partial charge in [-0.25, -0.2) is 9.97 Å². The number of fused-ring (bicyclic) bond motifs is 1. The molecular weight excluding hydrogens is 188 g/mol. The van der Waals surface area contributed by atoms with Gasteiger partial charge in [0, 0.05) is 13.2 Å². The summed E-state index contributed by atoms with van der Waals surface area (Å²) < 4.78 is 2.14. The minimum atomic E-state index is 0.407. The molecule has 2 aromatic heterocycles. The van der Waals surface area contributed by atoms with Gasteiger partial charge in [0.25, 0.3) is 0 Å². The number of aromatic nitrogens is 3. The smallest absolute Gasteiger partial charge is 0.177 e. The van der Waals surface area contributed by atoms with Crippen LogP contribution in [0.5, 0.6) is 0 Å². The van der Waals surface area contributed by atoms with Crippen LogP contribution in [-0.4, -0.2) is 21.1 Å². The third-order valence-corrected chi connectivity index (χ3v) is 3.06. The van der Waals surface area contributed by atoms with Crippen LogP contribution in [-0.2, 0) is 7.05 Å². The molecule has 4 nitrogen and oxygen atoms in total. The third kappa shape index (κ3) is 1.33. The molecule has 1 aliphatic rings. The fourth-order valence-corrected chi connectivity index (χ4v) is 2.26. The van der Waals surface area contributed by atoms with E-state index < -0.39 is 0 Å². The minimum Gasteiger partial charge on any atom is -0.328 e. The topological polar surface area (TPSA) is 42.7 Å². The molecule has 0 saturated carbocycles. The van der Waals surface area contributed by atoms with E-state index >= 15 is 0 Å². The molecule has 1 N–H and O–H groups in total. The molecular formula is C11H14N4. The zero-order chi connectivity index (χ0) is 10.3. The summed E-state index contributed by atoms with van der Waals surface area (Å²) in [6.07, 6.45) is 4.21. The Morgan fingerprint density at radius 2 is 2.47 bits per heavy atom. The molecule has 78 valence electrons. The highest BCUT2D eigenvalue weighted by atomic mass is 15.1. The fourth-order valence-electron chi connectivity index (χ4n) is 2.26. The van der Waals surface area contributed by atoms with E-state index in [0.717, 1.165) is 23.5 Å². The van der Waals surface area contributed by atoms with Crippen LogP contribution >= 0.6 is 0 Å². The molecule has 15 heavy (non-hydrogen) atoms. The Balaban J connectivity index is 2.14. The number of pyridine rings is 1. The first-order chi connectivity index (χ1) is 7.36. The molecule has 0 spiro atoms. The quantitative estimate of drug-likeness (QED) is 0.760. The predicted octanol–water partition coefficient (Wildman–Crippen LogP) is 1.39. The summed E-state index contributed by atoms with van der Waals surface area (Å²) in [5, 5.41) is 3.46. The van der Waals surface area contributed by atoms with Gasteiger partial charge in [0.2, 0.25) is 0 Å². The minimum absolute atomic E-state index is 0.407. The number of hydrogen-bond acceptors (Lipinski definition) is 3. The summed E-state index contributed by atoms with van der Waals surface area (Å²) >= 11 is 0. The van der Waals surface area contributed by atoms with Crippen LogP contribution in [0.1, 0.15) is 24.7 Å². The van der Waals surface area contributed by atoms with Crippen molar-refractivity contribution in [2.24, 2.45) is 7.05 Å². The van der Waals surface area contributed by atoms with Gasteiger partial charge in [-0.1, -0.05) is 0 Å². The van der Waals surface area contributed by atoms with Crippen molar-refractivity contribution in [3.8, 4) is 0 Å². The van der Waals surface area contributed by atoms with Crippen molar-refractivity contribution in [2.75, 3.05) is 6.54 Å². The highest BCUT2D eigenvalue weighted by Crippen LogP contribution is 2.24. The monoisotopic (exact) mass is 202 g/mol. The van der Waals surface area contributed by atoms with E-state index in [0.29, 0.717) is 6.04 Å². The molecule has 0 bridgehead atoms. The molecule has 0 unspecified atom stereocenters. The van der Waals surface area contributed by atoms with Gasteiger partial charge in [-0.3, -0.25) is 0 Å². The molecule has 1 fully saturated rings. The van der Waals surface area contributed by atoms with Gasteiger partial charge in [0.05, 0.1) is 11.6 Å². The Kier molecular flexibility index (Phi) is 1.95. The Morgan fingerprint density at radius 3 is 3.20 bits per heavy atom. The normalized spacial score (nSPS) is 21.3. The van der Waals surface area contributed by atoms with Gasteiger partial charge >= 0.3 is 0 Å². The van der Waals surface area contributed by atoms with E-state index in [4.69, 9.17) is 0 Å². The van der Waals surface area contributed by atoms with Gasteiger partial charge in [-0.05, 0) is 31.5 Å². The summed E-state index contributed by atoms with van der Waals surface area (Å²) in [6.45, 7) is 1.10. The summed E-state index contributed by atoms with van der Waals surface area (Å²) in [5.41, 5.74) is 1.96. The van der Waals surface area contributed by atoms with Crippen molar-refractivity contribution in [1.29, 1.82) is 0 Å². The lowest BCUT2D eigenvalue weighted by molar-refractivity contribution is 0.584. The lowest BCUT2D eigenvalue weighted by Gasteiger charge is -2.09. The molecule has 0 aliphatic carbocycles. The van der Waals surface area contributed by atoms with Crippen molar-refractivity contribution in [2.45, 2.75) is 18.9 Å². The third-order valence-electron chi connectivity index (χ3n) is 3.06. The van der Waals surface area contributed by atoms with Crippen LogP contribution in [0.2, 0.25) is 0 Å². The molecule has 0 aromatic carbocycles. The van der Waals surface area contributed by atoms with Crippen molar-refractivity contribution in [3.05, 3.63) is 24.2 Å². The fraction of sp³-hybridized carbons (Fsp3) is 0.455. The lowest BCUT2D eigenvalue weighted by Crippen LogP contribution is -2.16. The first-order valence-electron chi connectivity index (χ1n) is 5.37. The van der Waals surface area contributed by atoms with Crippen molar-refractivity contribution in [3.63, 3.8) is 0 Å². The predicted molar refractivity (Wildman–Crippen MR) is 58.5 cm³/mol. The van der Waals surface area contributed by atoms with Crippen molar-refractivity contribution < 1.29 is 0 Å². The molecule has 3 rings (SSSR count). The zero-order valence-electron chi connectivity index (χ0n) is 8.77. The van der Waals surface area contributed by atoms with Crippen LogP contribution < -0.4 is 5.32 Å². The van der Waals surface area contributed by atoms with E-state index in [1.165, 1.54) is 12.8 Å². The van der Waals surface area contributed by atoms with Crippen LogP contribution in [0.25, 0.3) is 11.2 Å². The average molecular weight is 202 g/mol. The van der Waals surface area contributed by atoms with E-state index in [9.17, 15) is 0 Å². The molecule has 2 aromatic rings. The van der Waals surface area contributed by atoms with Crippen LogP contribution in [0.3, 0.4) is 0 Å². The lowest BCUT2D eigenvalue weighted by atomic mass is 10.2. The van der Waals surface area contributed by atoms with E-state index in [1.54, 1.807) is 6.20 Å². The summed E-state index contributed by atoms with van der Waals surface area (Å²) in [6, 6.07) is 4.42. The second-order valence-corrected chi connectivity index (χ2v) is 4.02. The molecule has 0 amide bonds. The number of nitrogens with zero attached hydrogens (tertiary/aromatic N) is 3. The van der Waals surface area contributed by atoms with Crippen molar-refractivity contribution in [1.82, 2.24) is 19.9 Å². The maximum Gasteiger partial charge on any atom is 0.177 e. The van der Waals surface area contributed by atoms with Crippen LogP contribution in [0, 0.1) is 0 Å². The SMILES string of the molecule is Cn1c([C@@H]2CCCN2)nc2ncccc21. The largest absolute Gasteiger partial charge is 0.328 e. The Bertz CT molecular complexity index is 482. The van der Waals surface area contributed by atoms with Crippen LogP contribution in [0.4, 0.5) is 0 Å². The average Bonchev–Trinajstić information content (AvgIpc) is 2.87. The summed E-state index contributed by atoms with van der Waals surface area (Å²) in [4.78, 5) is 8.86. The zero-order valence-corrected chi connectivity index (χ0v) is 8.77. The maximum absolute atomic E-state index is 4.58. The highest BCUT2D eigenvalue weighted by molar-refractivity contribution is 5.71.